The molecule has 0 bridgehead atoms. The number of hydrogen-bond acceptors (Lipinski definition) is 5. The second kappa shape index (κ2) is 6.82. The van der Waals surface area contributed by atoms with E-state index in [-0.39, 0.29) is 4.99 Å². The van der Waals surface area contributed by atoms with E-state index < -0.39 is 27.3 Å². The summed E-state index contributed by atoms with van der Waals surface area (Å²) in [7, 11) is -2.67. The van der Waals surface area contributed by atoms with Crippen molar-refractivity contribution in [2.45, 2.75) is 44.6 Å². The third kappa shape index (κ3) is 4.39. The minimum atomic E-state index is -3.81. The lowest BCUT2D eigenvalue weighted by Gasteiger charge is -2.39. The Hall–Kier alpha value is -0.730. The second-order valence-electron chi connectivity index (χ2n) is 5.24. The molecule has 1 saturated carbocycles. The van der Waals surface area contributed by atoms with Crippen LogP contribution in [0.3, 0.4) is 0 Å². The summed E-state index contributed by atoms with van der Waals surface area (Å²) in [5.41, 5.74) is 4.84. The molecule has 6 nitrogen and oxygen atoms in total. The Kier molecular flexibility index (Phi) is 5.91. The summed E-state index contributed by atoms with van der Waals surface area (Å²) in [6.45, 7) is 2.11. The van der Waals surface area contributed by atoms with Crippen LogP contribution < -0.4 is 10.5 Å². The van der Waals surface area contributed by atoms with Gasteiger partial charge in [0.2, 0.25) is 10.0 Å². The van der Waals surface area contributed by atoms with E-state index in [1.165, 1.54) is 0 Å². The van der Waals surface area contributed by atoms with E-state index in [4.69, 9.17) is 18.0 Å². The fourth-order valence-electron chi connectivity index (χ4n) is 2.53. The summed E-state index contributed by atoms with van der Waals surface area (Å²) in [5, 5.41) is 0. The lowest BCUT2D eigenvalue weighted by Crippen LogP contribution is -2.59. The number of carbonyl (C=O) groups is 1. The summed E-state index contributed by atoms with van der Waals surface area (Å²) >= 11 is 5.05. The van der Waals surface area contributed by atoms with E-state index in [1.807, 2.05) is 0 Å². The molecule has 20 heavy (non-hydrogen) atoms. The van der Waals surface area contributed by atoms with Crippen LogP contribution >= 0.6 is 12.2 Å². The molecule has 0 unspecified atom stereocenters. The lowest BCUT2D eigenvalue weighted by molar-refractivity contribution is -0.137. The van der Waals surface area contributed by atoms with Gasteiger partial charge in [-0.15, -0.1) is 0 Å². The molecule has 0 amide bonds. The molecule has 0 saturated heterocycles. The van der Waals surface area contributed by atoms with Crippen molar-refractivity contribution in [1.29, 1.82) is 0 Å². The molecule has 0 aromatic heterocycles. The predicted octanol–water partition coefficient (Wildman–Crippen LogP) is 0.704. The van der Waals surface area contributed by atoms with Gasteiger partial charge in [-0.2, -0.15) is 0 Å². The minimum Gasteiger partial charge on any atom is -0.468 e. The van der Waals surface area contributed by atoms with Gasteiger partial charge in [0.05, 0.1) is 17.6 Å². The van der Waals surface area contributed by atoms with Crippen molar-refractivity contribution >= 4 is 33.2 Å². The Morgan fingerprint density at radius 3 is 2.40 bits per heavy atom. The van der Waals surface area contributed by atoms with Crippen molar-refractivity contribution < 1.29 is 17.9 Å². The lowest BCUT2D eigenvalue weighted by atomic mass is 9.76. The van der Waals surface area contributed by atoms with Gasteiger partial charge in [-0.1, -0.05) is 25.6 Å². The van der Waals surface area contributed by atoms with E-state index in [9.17, 15) is 13.2 Å². The van der Waals surface area contributed by atoms with Crippen LogP contribution in [0.25, 0.3) is 0 Å². The molecule has 1 aliphatic rings. The number of hydrogen-bond donors (Lipinski definition) is 2. The number of methoxy groups -OCH3 is 1. The topological polar surface area (TPSA) is 98.5 Å². The number of carbonyl (C=O) groups excluding carboxylic acids is 1. The number of nitrogens with two attached hydrogens (primary N) is 1. The summed E-state index contributed by atoms with van der Waals surface area (Å²) in [4.78, 5) is 11.3. The van der Waals surface area contributed by atoms with Crippen molar-refractivity contribution in [1.82, 2.24) is 4.72 Å². The average molecular weight is 322 g/mol. The first-order valence-electron chi connectivity index (χ1n) is 6.63. The highest BCUT2D eigenvalue weighted by atomic mass is 32.2. The van der Waals surface area contributed by atoms with E-state index in [0.717, 1.165) is 26.4 Å². The number of nitrogens with one attached hydrogen (secondary N) is 1. The molecule has 116 valence electrons. The van der Waals surface area contributed by atoms with Gasteiger partial charge in [0.25, 0.3) is 0 Å². The highest BCUT2D eigenvalue weighted by Crippen LogP contribution is 2.34. The fraction of sp³-hybridized carbons (Fsp3) is 0.833. The highest BCUT2D eigenvalue weighted by Gasteiger charge is 2.41. The molecule has 1 rings (SSSR count). The van der Waals surface area contributed by atoms with Crippen LogP contribution in [0.2, 0.25) is 0 Å². The van der Waals surface area contributed by atoms with Gasteiger partial charge in [0, 0.05) is 0 Å². The first-order valence-corrected chi connectivity index (χ1v) is 8.69. The zero-order valence-corrected chi connectivity index (χ0v) is 13.5. The Balaban J connectivity index is 2.83. The summed E-state index contributed by atoms with van der Waals surface area (Å²) in [5.74, 6) is -0.953. The van der Waals surface area contributed by atoms with Crippen LogP contribution in [0, 0.1) is 5.92 Å². The largest absolute Gasteiger partial charge is 0.468 e. The number of sulfonamides is 1. The van der Waals surface area contributed by atoms with Crippen molar-refractivity contribution in [3.8, 4) is 0 Å². The Morgan fingerprint density at radius 2 is 2.00 bits per heavy atom. The van der Waals surface area contributed by atoms with Gasteiger partial charge in [-0.05, 0) is 31.6 Å². The molecule has 0 atom stereocenters. The smallest absolute Gasteiger partial charge is 0.322 e. The fourth-order valence-corrected chi connectivity index (χ4v) is 4.25. The Labute approximate surface area is 125 Å². The maximum atomic E-state index is 12.0. The predicted molar refractivity (Wildman–Crippen MR) is 80.7 cm³/mol. The molecule has 3 N–H and O–H groups in total. The van der Waals surface area contributed by atoms with Crippen LogP contribution in [0.4, 0.5) is 0 Å². The summed E-state index contributed by atoms with van der Waals surface area (Å²) in [6, 6.07) is 0. The monoisotopic (exact) mass is 322 g/mol. The standard InChI is InChI=1S/C12H22N2O4S2/c1-3-9-4-6-12(7-5-9,11(13)19)14-20(16,17)8-10(15)18-2/h9,14H,3-8H2,1-2H3,(H2,13,19). The van der Waals surface area contributed by atoms with Gasteiger partial charge in [-0.25, -0.2) is 13.1 Å². The molecular formula is C12H22N2O4S2. The summed E-state index contributed by atoms with van der Waals surface area (Å²) < 4.78 is 30.9. The van der Waals surface area contributed by atoms with E-state index in [1.54, 1.807) is 0 Å². The molecule has 8 heteroatoms. The second-order valence-corrected chi connectivity index (χ2v) is 7.40. The Bertz CT molecular complexity index is 468. The molecule has 0 radical (unpaired) electrons. The number of esters is 1. The van der Waals surface area contributed by atoms with Gasteiger partial charge < -0.3 is 10.5 Å². The first kappa shape index (κ1) is 17.3. The molecule has 0 spiro atoms. The number of rotatable bonds is 6. The van der Waals surface area contributed by atoms with Crippen LogP contribution in [0.5, 0.6) is 0 Å². The average Bonchev–Trinajstić information content (AvgIpc) is 2.38. The van der Waals surface area contributed by atoms with E-state index in [2.05, 4.69) is 16.4 Å². The van der Waals surface area contributed by atoms with E-state index >= 15 is 0 Å². The maximum absolute atomic E-state index is 12.0. The molecule has 0 aliphatic heterocycles. The molecule has 1 fully saturated rings. The molecule has 1 aliphatic carbocycles. The first-order chi connectivity index (χ1) is 9.24. The van der Waals surface area contributed by atoms with Crippen LogP contribution in [-0.4, -0.2) is 37.8 Å². The van der Waals surface area contributed by atoms with E-state index in [0.29, 0.717) is 18.8 Å². The normalized spacial score (nSPS) is 27.0. The van der Waals surface area contributed by atoms with Crippen LogP contribution in [0.15, 0.2) is 0 Å². The van der Waals surface area contributed by atoms with Gasteiger partial charge in [0.15, 0.2) is 5.75 Å². The van der Waals surface area contributed by atoms with Crippen molar-refractivity contribution in [3.63, 3.8) is 0 Å². The third-order valence-electron chi connectivity index (χ3n) is 3.89. The molecule has 0 aromatic carbocycles. The summed E-state index contributed by atoms with van der Waals surface area (Å²) in [6.07, 6.45) is 3.94. The van der Waals surface area contributed by atoms with Gasteiger partial charge >= 0.3 is 5.97 Å². The molecular weight excluding hydrogens is 300 g/mol. The third-order valence-corrected chi connectivity index (χ3v) is 5.60. The van der Waals surface area contributed by atoms with Crippen molar-refractivity contribution in [2.24, 2.45) is 11.7 Å². The molecule has 0 heterocycles. The maximum Gasteiger partial charge on any atom is 0.322 e. The zero-order valence-electron chi connectivity index (χ0n) is 11.8. The highest BCUT2D eigenvalue weighted by molar-refractivity contribution is 7.90. The minimum absolute atomic E-state index is 0.139. The zero-order chi connectivity index (χ0) is 15.4. The van der Waals surface area contributed by atoms with Gasteiger partial charge in [0.1, 0.15) is 0 Å². The molecule has 0 aromatic rings. The SMILES string of the molecule is CCC1CCC(NS(=O)(=O)CC(=O)OC)(C(N)=S)CC1. The van der Waals surface area contributed by atoms with Crippen molar-refractivity contribution in [2.75, 3.05) is 12.9 Å². The number of thiocarbonyl (C=S) groups is 1. The van der Waals surface area contributed by atoms with Crippen LogP contribution in [-0.2, 0) is 19.6 Å². The quantitative estimate of drug-likeness (QED) is 0.552. The van der Waals surface area contributed by atoms with Crippen molar-refractivity contribution in [3.05, 3.63) is 0 Å². The number of ether oxygens (including phenoxy) is 1. The Morgan fingerprint density at radius 1 is 1.45 bits per heavy atom. The van der Waals surface area contributed by atoms with Gasteiger partial charge in [-0.3, -0.25) is 4.79 Å². The van der Waals surface area contributed by atoms with Crippen LogP contribution in [0.1, 0.15) is 39.0 Å².